The van der Waals surface area contributed by atoms with Gasteiger partial charge in [-0.25, -0.2) is 0 Å². The molecule has 1 saturated heterocycles. The first-order chi connectivity index (χ1) is 9.97. The SMILES string of the molecule is Cc1cc(C)cc(OCCCN2CCC(C(=O)O)C2C)c1. The second kappa shape index (κ2) is 6.94. The highest BCUT2D eigenvalue weighted by molar-refractivity contribution is 5.71. The topological polar surface area (TPSA) is 49.8 Å². The van der Waals surface area contributed by atoms with Crippen LogP contribution in [0.2, 0.25) is 0 Å². The molecule has 1 aliphatic heterocycles. The molecular weight excluding hydrogens is 266 g/mol. The first-order valence-corrected chi connectivity index (χ1v) is 7.65. The monoisotopic (exact) mass is 291 g/mol. The van der Waals surface area contributed by atoms with Gasteiger partial charge in [-0.2, -0.15) is 0 Å². The summed E-state index contributed by atoms with van der Waals surface area (Å²) in [5.74, 6) is 0.0345. The average molecular weight is 291 g/mol. The van der Waals surface area contributed by atoms with Gasteiger partial charge in [0.15, 0.2) is 0 Å². The maximum atomic E-state index is 11.1. The van der Waals surface area contributed by atoms with Crippen molar-refractivity contribution in [2.45, 2.75) is 39.7 Å². The van der Waals surface area contributed by atoms with E-state index in [-0.39, 0.29) is 12.0 Å². The van der Waals surface area contributed by atoms with Crippen molar-refractivity contribution in [1.29, 1.82) is 0 Å². The highest BCUT2D eigenvalue weighted by Gasteiger charge is 2.34. The average Bonchev–Trinajstić information content (AvgIpc) is 2.75. The molecule has 4 heteroatoms. The lowest BCUT2D eigenvalue weighted by Crippen LogP contribution is -2.34. The number of carboxylic acid groups (broad SMARTS) is 1. The summed E-state index contributed by atoms with van der Waals surface area (Å²) in [4.78, 5) is 13.3. The van der Waals surface area contributed by atoms with Crippen LogP contribution in [0, 0.1) is 19.8 Å². The number of hydrogen-bond acceptors (Lipinski definition) is 3. The Labute approximate surface area is 126 Å². The van der Waals surface area contributed by atoms with Crippen molar-refractivity contribution >= 4 is 5.97 Å². The number of aryl methyl sites for hydroxylation is 2. The van der Waals surface area contributed by atoms with Crippen molar-refractivity contribution in [3.8, 4) is 5.75 Å². The molecule has 0 radical (unpaired) electrons. The van der Waals surface area contributed by atoms with Crippen LogP contribution in [0.25, 0.3) is 0 Å². The minimum atomic E-state index is -0.670. The van der Waals surface area contributed by atoms with Gasteiger partial charge >= 0.3 is 5.97 Å². The van der Waals surface area contributed by atoms with E-state index in [1.165, 1.54) is 11.1 Å². The fourth-order valence-electron chi connectivity index (χ4n) is 3.12. The molecule has 0 aromatic heterocycles. The van der Waals surface area contributed by atoms with E-state index in [2.05, 4.69) is 24.8 Å². The Bertz CT molecular complexity index is 481. The van der Waals surface area contributed by atoms with Crippen molar-refractivity contribution in [2.75, 3.05) is 19.7 Å². The molecular formula is C17H25NO3. The lowest BCUT2D eigenvalue weighted by molar-refractivity contribution is -0.142. The molecule has 2 atom stereocenters. The van der Waals surface area contributed by atoms with Crippen molar-refractivity contribution in [1.82, 2.24) is 4.90 Å². The molecule has 1 heterocycles. The summed E-state index contributed by atoms with van der Waals surface area (Å²) >= 11 is 0. The van der Waals surface area contributed by atoms with E-state index in [1.54, 1.807) is 0 Å². The van der Waals surface area contributed by atoms with E-state index >= 15 is 0 Å². The number of benzene rings is 1. The zero-order valence-electron chi connectivity index (χ0n) is 13.1. The van der Waals surface area contributed by atoms with Crippen molar-refractivity contribution in [3.05, 3.63) is 29.3 Å². The number of carboxylic acids is 1. The molecule has 116 valence electrons. The number of ether oxygens (including phenoxy) is 1. The smallest absolute Gasteiger partial charge is 0.308 e. The summed E-state index contributed by atoms with van der Waals surface area (Å²) in [7, 11) is 0. The third kappa shape index (κ3) is 4.21. The predicted octanol–water partition coefficient (Wildman–Crippen LogP) is 2.87. The predicted molar refractivity (Wildman–Crippen MR) is 82.8 cm³/mol. The van der Waals surface area contributed by atoms with Gasteiger partial charge in [0.25, 0.3) is 0 Å². The molecule has 1 fully saturated rings. The molecule has 2 rings (SSSR count). The lowest BCUT2D eigenvalue weighted by Gasteiger charge is -2.22. The number of rotatable bonds is 6. The quantitative estimate of drug-likeness (QED) is 0.819. The molecule has 0 bridgehead atoms. The van der Waals surface area contributed by atoms with Crippen LogP contribution < -0.4 is 4.74 Å². The van der Waals surface area contributed by atoms with Gasteiger partial charge in [0.1, 0.15) is 5.75 Å². The Balaban J connectivity index is 1.74. The number of aliphatic carboxylic acids is 1. The van der Waals surface area contributed by atoms with Crippen LogP contribution in [0.4, 0.5) is 0 Å². The van der Waals surface area contributed by atoms with Gasteiger partial charge in [0, 0.05) is 12.6 Å². The Morgan fingerprint density at radius 2 is 2.00 bits per heavy atom. The highest BCUT2D eigenvalue weighted by atomic mass is 16.5. The minimum absolute atomic E-state index is 0.128. The second-order valence-corrected chi connectivity index (χ2v) is 6.04. The number of nitrogens with zero attached hydrogens (tertiary/aromatic N) is 1. The van der Waals surface area contributed by atoms with E-state index in [0.29, 0.717) is 6.61 Å². The maximum absolute atomic E-state index is 11.1. The molecule has 0 amide bonds. The Morgan fingerprint density at radius 1 is 1.33 bits per heavy atom. The van der Waals surface area contributed by atoms with Crippen LogP contribution >= 0.6 is 0 Å². The molecule has 4 nitrogen and oxygen atoms in total. The van der Waals surface area contributed by atoms with Crippen LogP contribution in [-0.2, 0) is 4.79 Å². The molecule has 1 aromatic carbocycles. The molecule has 0 spiro atoms. The third-order valence-corrected chi connectivity index (χ3v) is 4.26. The van der Waals surface area contributed by atoms with Gasteiger partial charge in [-0.05, 0) is 63.4 Å². The van der Waals surface area contributed by atoms with Crippen molar-refractivity contribution in [3.63, 3.8) is 0 Å². The van der Waals surface area contributed by atoms with Crippen LogP contribution in [0.15, 0.2) is 18.2 Å². The number of likely N-dealkylation sites (tertiary alicyclic amines) is 1. The normalized spacial score (nSPS) is 22.4. The summed E-state index contributed by atoms with van der Waals surface area (Å²) in [6.45, 7) is 8.59. The molecule has 21 heavy (non-hydrogen) atoms. The Kier molecular flexibility index (Phi) is 5.23. The second-order valence-electron chi connectivity index (χ2n) is 6.04. The fraction of sp³-hybridized carbons (Fsp3) is 0.588. The number of carbonyl (C=O) groups is 1. The summed E-state index contributed by atoms with van der Waals surface area (Å²) in [5.41, 5.74) is 2.42. The Morgan fingerprint density at radius 3 is 2.57 bits per heavy atom. The van der Waals surface area contributed by atoms with Crippen LogP contribution in [0.5, 0.6) is 5.75 Å². The molecule has 1 aliphatic rings. The van der Waals surface area contributed by atoms with Gasteiger partial charge in [0.2, 0.25) is 0 Å². The van der Waals surface area contributed by atoms with E-state index in [1.807, 2.05) is 19.1 Å². The van der Waals surface area contributed by atoms with Crippen molar-refractivity contribution < 1.29 is 14.6 Å². The van der Waals surface area contributed by atoms with Crippen molar-refractivity contribution in [2.24, 2.45) is 5.92 Å². The van der Waals surface area contributed by atoms with Crippen LogP contribution in [0.3, 0.4) is 0 Å². The summed E-state index contributed by atoms with van der Waals surface area (Å²) in [6, 6.07) is 6.35. The van der Waals surface area contributed by atoms with Gasteiger partial charge in [-0.15, -0.1) is 0 Å². The maximum Gasteiger partial charge on any atom is 0.308 e. The largest absolute Gasteiger partial charge is 0.494 e. The minimum Gasteiger partial charge on any atom is -0.494 e. The molecule has 0 aliphatic carbocycles. The van der Waals surface area contributed by atoms with Gasteiger partial charge in [0.05, 0.1) is 12.5 Å². The van der Waals surface area contributed by atoms with Gasteiger partial charge < -0.3 is 9.84 Å². The lowest BCUT2D eigenvalue weighted by atomic mass is 10.0. The molecule has 1 N–H and O–H groups in total. The first-order valence-electron chi connectivity index (χ1n) is 7.65. The number of hydrogen-bond donors (Lipinski definition) is 1. The first kappa shape index (κ1) is 15.8. The van der Waals surface area contributed by atoms with E-state index in [4.69, 9.17) is 9.84 Å². The van der Waals surface area contributed by atoms with E-state index < -0.39 is 5.97 Å². The third-order valence-electron chi connectivity index (χ3n) is 4.26. The zero-order valence-corrected chi connectivity index (χ0v) is 13.1. The van der Waals surface area contributed by atoms with Crippen LogP contribution in [0.1, 0.15) is 30.9 Å². The van der Waals surface area contributed by atoms with E-state index in [0.717, 1.165) is 31.7 Å². The summed E-state index contributed by atoms with van der Waals surface area (Å²) < 4.78 is 5.79. The van der Waals surface area contributed by atoms with Gasteiger partial charge in [-0.1, -0.05) is 6.07 Å². The van der Waals surface area contributed by atoms with E-state index in [9.17, 15) is 4.79 Å². The van der Waals surface area contributed by atoms with Crippen LogP contribution in [-0.4, -0.2) is 41.7 Å². The Hall–Kier alpha value is -1.55. The molecule has 0 saturated carbocycles. The fourth-order valence-corrected chi connectivity index (χ4v) is 3.12. The summed E-state index contributed by atoms with van der Waals surface area (Å²) in [5, 5.41) is 9.12. The molecule has 2 unspecified atom stereocenters. The highest BCUT2D eigenvalue weighted by Crippen LogP contribution is 2.24. The van der Waals surface area contributed by atoms with Gasteiger partial charge in [-0.3, -0.25) is 9.69 Å². The standard InChI is InChI=1S/C17H25NO3/c1-12-9-13(2)11-15(10-12)21-8-4-6-18-7-5-16(14(18)3)17(19)20/h9-11,14,16H,4-8H2,1-3H3,(H,19,20). The zero-order chi connectivity index (χ0) is 15.4. The molecule has 1 aromatic rings. The summed E-state index contributed by atoms with van der Waals surface area (Å²) in [6.07, 6.45) is 1.68.